The first-order valence-corrected chi connectivity index (χ1v) is 6.33. The Labute approximate surface area is 109 Å². The molecule has 0 spiro atoms. The SMILES string of the molecule is CCOc1cc(CNC)ccc1OCCCOC. The molecule has 102 valence electrons. The van der Waals surface area contributed by atoms with Crippen LogP contribution in [-0.4, -0.2) is 34.0 Å². The molecule has 1 aromatic carbocycles. The van der Waals surface area contributed by atoms with E-state index in [1.54, 1.807) is 7.11 Å². The van der Waals surface area contributed by atoms with Crippen LogP contribution in [0.4, 0.5) is 0 Å². The van der Waals surface area contributed by atoms with Gasteiger partial charge in [0.05, 0.1) is 13.2 Å². The molecule has 0 aliphatic rings. The molecule has 1 N–H and O–H groups in total. The highest BCUT2D eigenvalue weighted by atomic mass is 16.5. The predicted octanol–water partition coefficient (Wildman–Crippen LogP) is 2.22. The van der Waals surface area contributed by atoms with Crippen LogP contribution < -0.4 is 14.8 Å². The van der Waals surface area contributed by atoms with E-state index in [4.69, 9.17) is 14.2 Å². The van der Waals surface area contributed by atoms with Crippen LogP contribution in [0.25, 0.3) is 0 Å². The molecule has 18 heavy (non-hydrogen) atoms. The smallest absolute Gasteiger partial charge is 0.161 e. The van der Waals surface area contributed by atoms with Gasteiger partial charge in [0.25, 0.3) is 0 Å². The predicted molar refractivity (Wildman–Crippen MR) is 72.4 cm³/mol. The molecular weight excluding hydrogens is 230 g/mol. The fourth-order valence-electron chi connectivity index (χ4n) is 1.64. The van der Waals surface area contributed by atoms with E-state index in [0.29, 0.717) is 19.8 Å². The molecule has 0 fully saturated rings. The van der Waals surface area contributed by atoms with Crippen LogP contribution in [0.15, 0.2) is 18.2 Å². The van der Waals surface area contributed by atoms with E-state index < -0.39 is 0 Å². The van der Waals surface area contributed by atoms with Crippen LogP contribution >= 0.6 is 0 Å². The van der Waals surface area contributed by atoms with E-state index in [-0.39, 0.29) is 0 Å². The van der Waals surface area contributed by atoms with Crippen LogP contribution in [0, 0.1) is 0 Å². The summed E-state index contributed by atoms with van der Waals surface area (Å²) in [6.07, 6.45) is 0.875. The van der Waals surface area contributed by atoms with E-state index in [2.05, 4.69) is 5.32 Å². The first-order valence-electron chi connectivity index (χ1n) is 6.33. The van der Waals surface area contributed by atoms with E-state index in [1.165, 1.54) is 5.56 Å². The molecule has 0 saturated carbocycles. The Morgan fingerprint density at radius 2 is 1.94 bits per heavy atom. The molecule has 4 nitrogen and oxygen atoms in total. The van der Waals surface area contributed by atoms with Gasteiger partial charge in [-0.2, -0.15) is 0 Å². The summed E-state index contributed by atoms with van der Waals surface area (Å²) < 4.78 is 16.3. The molecule has 0 atom stereocenters. The normalized spacial score (nSPS) is 10.4. The van der Waals surface area contributed by atoms with Crippen molar-refractivity contribution >= 4 is 0 Å². The second kappa shape index (κ2) is 8.78. The van der Waals surface area contributed by atoms with Crippen molar-refractivity contribution in [1.82, 2.24) is 5.32 Å². The zero-order valence-corrected chi connectivity index (χ0v) is 11.5. The highest BCUT2D eigenvalue weighted by molar-refractivity contribution is 5.43. The minimum atomic E-state index is 0.636. The van der Waals surface area contributed by atoms with E-state index in [0.717, 1.165) is 24.5 Å². The van der Waals surface area contributed by atoms with Gasteiger partial charge in [-0.1, -0.05) is 6.07 Å². The highest BCUT2D eigenvalue weighted by Crippen LogP contribution is 2.28. The van der Waals surface area contributed by atoms with Crippen molar-refractivity contribution < 1.29 is 14.2 Å². The number of hydrogen-bond donors (Lipinski definition) is 1. The Bertz CT molecular complexity index is 342. The van der Waals surface area contributed by atoms with Crippen LogP contribution in [0.1, 0.15) is 18.9 Å². The molecule has 1 aromatic rings. The molecule has 0 aliphatic carbocycles. The quantitative estimate of drug-likeness (QED) is 0.685. The van der Waals surface area contributed by atoms with Crippen molar-refractivity contribution in [3.63, 3.8) is 0 Å². The lowest BCUT2D eigenvalue weighted by molar-refractivity contribution is 0.170. The molecule has 1 rings (SSSR count). The summed E-state index contributed by atoms with van der Waals surface area (Å²) in [6.45, 7) is 4.78. The van der Waals surface area contributed by atoms with Crippen LogP contribution in [0.3, 0.4) is 0 Å². The molecule has 0 saturated heterocycles. The van der Waals surface area contributed by atoms with Gasteiger partial charge in [0.1, 0.15) is 0 Å². The number of methoxy groups -OCH3 is 1. The van der Waals surface area contributed by atoms with Crippen molar-refractivity contribution in [2.45, 2.75) is 19.9 Å². The molecule has 0 unspecified atom stereocenters. The van der Waals surface area contributed by atoms with Gasteiger partial charge in [0, 0.05) is 26.7 Å². The summed E-state index contributed by atoms with van der Waals surface area (Å²) in [5, 5.41) is 3.12. The van der Waals surface area contributed by atoms with Gasteiger partial charge in [-0.25, -0.2) is 0 Å². The number of nitrogens with one attached hydrogen (secondary N) is 1. The minimum Gasteiger partial charge on any atom is -0.490 e. The summed E-state index contributed by atoms with van der Waals surface area (Å²) in [7, 11) is 3.62. The summed E-state index contributed by atoms with van der Waals surface area (Å²) in [6, 6.07) is 6.03. The molecule has 4 heteroatoms. The number of benzene rings is 1. The lowest BCUT2D eigenvalue weighted by Crippen LogP contribution is -2.07. The van der Waals surface area contributed by atoms with Crippen LogP contribution in [0.2, 0.25) is 0 Å². The molecule has 0 bridgehead atoms. The maximum atomic E-state index is 5.70. The van der Waals surface area contributed by atoms with Gasteiger partial charge in [-0.15, -0.1) is 0 Å². The van der Waals surface area contributed by atoms with Crippen molar-refractivity contribution in [1.29, 1.82) is 0 Å². The number of ether oxygens (including phenoxy) is 3. The topological polar surface area (TPSA) is 39.7 Å². The van der Waals surface area contributed by atoms with Crippen molar-refractivity contribution in [3.8, 4) is 11.5 Å². The first kappa shape index (κ1) is 14.8. The maximum absolute atomic E-state index is 5.70. The minimum absolute atomic E-state index is 0.636. The molecule has 0 radical (unpaired) electrons. The summed E-state index contributed by atoms with van der Waals surface area (Å²) in [5.74, 6) is 1.61. The Morgan fingerprint density at radius 1 is 1.11 bits per heavy atom. The Balaban J connectivity index is 2.63. The molecular formula is C14H23NO3. The van der Waals surface area contributed by atoms with Gasteiger partial charge in [0.15, 0.2) is 11.5 Å². The largest absolute Gasteiger partial charge is 0.490 e. The molecule has 0 heterocycles. The fraction of sp³-hybridized carbons (Fsp3) is 0.571. The van der Waals surface area contributed by atoms with Crippen molar-refractivity contribution in [3.05, 3.63) is 23.8 Å². The zero-order chi connectivity index (χ0) is 13.2. The first-order chi connectivity index (χ1) is 8.81. The average Bonchev–Trinajstić information content (AvgIpc) is 2.37. The maximum Gasteiger partial charge on any atom is 0.161 e. The van der Waals surface area contributed by atoms with Crippen molar-refractivity contribution in [2.24, 2.45) is 0 Å². The third kappa shape index (κ3) is 4.94. The Morgan fingerprint density at radius 3 is 2.61 bits per heavy atom. The highest BCUT2D eigenvalue weighted by Gasteiger charge is 2.06. The van der Waals surface area contributed by atoms with Crippen molar-refractivity contribution in [2.75, 3.05) is 34.0 Å². The zero-order valence-electron chi connectivity index (χ0n) is 11.5. The second-order valence-corrected chi connectivity index (χ2v) is 3.94. The van der Waals surface area contributed by atoms with E-state index in [9.17, 15) is 0 Å². The Hall–Kier alpha value is -1.26. The van der Waals surface area contributed by atoms with Gasteiger partial charge in [0.2, 0.25) is 0 Å². The third-order valence-corrected chi connectivity index (χ3v) is 2.44. The second-order valence-electron chi connectivity index (χ2n) is 3.94. The third-order valence-electron chi connectivity index (χ3n) is 2.44. The lowest BCUT2D eigenvalue weighted by atomic mass is 10.2. The lowest BCUT2D eigenvalue weighted by Gasteiger charge is -2.13. The van der Waals surface area contributed by atoms with E-state index >= 15 is 0 Å². The van der Waals surface area contributed by atoms with E-state index in [1.807, 2.05) is 32.2 Å². The summed E-state index contributed by atoms with van der Waals surface area (Å²) in [5.41, 5.74) is 1.19. The summed E-state index contributed by atoms with van der Waals surface area (Å²) in [4.78, 5) is 0. The number of rotatable bonds is 9. The van der Waals surface area contributed by atoms with Gasteiger partial charge >= 0.3 is 0 Å². The van der Waals surface area contributed by atoms with Crippen LogP contribution in [-0.2, 0) is 11.3 Å². The molecule has 0 amide bonds. The molecule has 0 aromatic heterocycles. The fourth-order valence-corrected chi connectivity index (χ4v) is 1.64. The van der Waals surface area contributed by atoms with Gasteiger partial charge in [-0.3, -0.25) is 0 Å². The molecule has 0 aliphatic heterocycles. The van der Waals surface area contributed by atoms with Gasteiger partial charge < -0.3 is 19.5 Å². The van der Waals surface area contributed by atoms with Crippen LogP contribution in [0.5, 0.6) is 11.5 Å². The number of hydrogen-bond acceptors (Lipinski definition) is 4. The standard InChI is InChI=1S/C14H23NO3/c1-4-17-14-10-12(11-15-2)6-7-13(14)18-9-5-8-16-3/h6-7,10,15H,4-5,8-9,11H2,1-3H3. The van der Waals surface area contributed by atoms with Gasteiger partial charge in [-0.05, 0) is 31.7 Å². The summed E-state index contributed by atoms with van der Waals surface area (Å²) >= 11 is 0. The Kier molecular flexibility index (Phi) is 7.22. The average molecular weight is 253 g/mol. The monoisotopic (exact) mass is 253 g/mol.